The van der Waals surface area contributed by atoms with E-state index in [1.54, 1.807) is 35.8 Å². The van der Waals surface area contributed by atoms with Crippen molar-refractivity contribution in [1.29, 1.82) is 0 Å². The van der Waals surface area contributed by atoms with Gasteiger partial charge in [0.25, 0.3) is 0 Å². The highest BCUT2D eigenvalue weighted by Gasteiger charge is 2.19. The molecule has 0 aliphatic carbocycles. The molecule has 1 unspecified atom stereocenters. The molecule has 0 amide bonds. The Morgan fingerprint density at radius 1 is 0.727 bits per heavy atom. The summed E-state index contributed by atoms with van der Waals surface area (Å²) in [4.78, 5) is 14.7. The first-order chi connectivity index (χ1) is 21.5. The predicted molar refractivity (Wildman–Crippen MR) is 189 cm³/mol. The van der Waals surface area contributed by atoms with Gasteiger partial charge in [-0.15, -0.1) is 22.7 Å². The SMILES string of the molecule is CCCCCCCCC#Cc1ccc(-c2ccc(-c3cc(OCCCCCC)c(-c4ccc(O[PH](=O)O)s4)cc3OC)s2)s1. The molecule has 3 aromatic heterocycles. The maximum Gasteiger partial charge on any atom is 0.365 e. The summed E-state index contributed by atoms with van der Waals surface area (Å²) in [5.41, 5.74) is 1.85. The summed E-state index contributed by atoms with van der Waals surface area (Å²) in [6.45, 7) is 5.06. The average Bonchev–Trinajstić information content (AvgIpc) is 3.79. The Kier molecular flexibility index (Phi) is 14.4. The first kappa shape index (κ1) is 34.3. The van der Waals surface area contributed by atoms with Crippen LogP contribution in [0.3, 0.4) is 0 Å². The van der Waals surface area contributed by atoms with Crippen LogP contribution in [0.25, 0.3) is 30.6 Å². The highest BCUT2D eigenvalue weighted by molar-refractivity contribution is 7.33. The van der Waals surface area contributed by atoms with E-state index < -0.39 is 8.25 Å². The fourth-order valence-electron chi connectivity index (χ4n) is 4.85. The Balaban J connectivity index is 1.53. The van der Waals surface area contributed by atoms with Gasteiger partial charge in [-0.05, 0) is 61.4 Å². The van der Waals surface area contributed by atoms with Crippen molar-refractivity contribution in [3.63, 3.8) is 0 Å². The summed E-state index contributed by atoms with van der Waals surface area (Å²) in [6, 6.07) is 16.3. The van der Waals surface area contributed by atoms with E-state index >= 15 is 0 Å². The van der Waals surface area contributed by atoms with Crippen LogP contribution >= 0.6 is 42.3 Å². The van der Waals surface area contributed by atoms with Crippen molar-refractivity contribution in [3.05, 3.63) is 53.4 Å². The van der Waals surface area contributed by atoms with Gasteiger partial charge in [-0.2, -0.15) is 0 Å². The number of unbranched alkanes of at least 4 members (excludes halogenated alkanes) is 9. The summed E-state index contributed by atoms with van der Waals surface area (Å²) in [7, 11) is -1.39. The standard InChI is InChI=1S/C35H43O5PS3/c1-4-6-8-10-11-12-13-14-16-26-17-18-33(42-26)34-20-19-31(43-34)27-25-30(39-23-15-9-7-5-2)28(24-29(27)38-3)32-21-22-35(44-32)40-41(36)37/h17-22,24-25,41H,4-13,15,23H2,1-3H3,(H,36,37). The summed E-state index contributed by atoms with van der Waals surface area (Å²) >= 11 is 4.78. The van der Waals surface area contributed by atoms with Crippen molar-refractivity contribution in [3.8, 4) is 59.0 Å². The zero-order valence-corrected chi connectivity index (χ0v) is 29.4. The first-order valence-electron chi connectivity index (χ1n) is 15.6. The second-order valence-electron chi connectivity index (χ2n) is 10.6. The largest absolute Gasteiger partial charge is 0.496 e. The molecule has 44 heavy (non-hydrogen) atoms. The molecule has 4 rings (SSSR count). The van der Waals surface area contributed by atoms with E-state index in [1.165, 1.54) is 72.5 Å². The molecule has 0 saturated carbocycles. The van der Waals surface area contributed by atoms with Crippen LogP contribution in [0.2, 0.25) is 0 Å². The molecule has 9 heteroatoms. The van der Waals surface area contributed by atoms with E-state index in [1.807, 2.05) is 12.1 Å². The van der Waals surface area contributed by atoms with Gasteiger partial charge < -0.3 is 18.9 Å². The van der Waals surface area contributed by atoms with E-state index in [0.717, 1.165) is 56.5 Å². The Morgan fingerprint density at radius 3 is 2.11 bits per heavy atom. The molecule has 0 saturated heterocycles. The molecule has 0 aliphatic heterocycles. The number of rotatable bonds is 18. The molecular formula is C35H43O5PS3. The van der Waals surface area contributed by atoms with E-state index in [2.05, 4.69) is 56.0 Å². The van der Waals surface area contributed by atoms with Crippen molar-refractivity contribution in [1.82, 2.24) is 0 Å². The van der Waals surface area contributed by atoms with Crippen LogP contribution in [0.15, 0.2) is 48.5 Å². The highest BCUT2D eigenvalue weighted by Crippen LogP contribution is 2.47. The zero-order chi connectivity index (χ0) is 31.1. The fraction of sp³-hybridized carbons (Fsp3) is 0.429. The normalized spacial score (nSPS) is 11.6. The lowest BCUT2D eigenvalue weighted by atomic mass is 10.1. The van der Waals surface area contributed by atoms with Crippen LogP contribution in [-0.2, 0) is 4.57 Å². The van der Waals surface area contributed by atoms with E-state index in [0.29, 0.717) is 11.7 Å². The number of methoxy groups -OCH3 is 1. The third kappa shape index (κ3) is 10.3. The predicted octanol–water partition coefficient (Wildman–Crippen LogP) is 11.7. The second-order valence-corrected chi connectivity index (χ2v) is 14.5. The molecule has 5 nitrogen and oxygen atoms in total. The first-order valence-corrected chi connectivity index (χ1v) is 19.3. The Morgan fingerprint density at radius 2 is 1.34 bits per heavy atom. The molecule has 0 aliphatic rings. The van der Waals surface area contributed by atoms with E-state index in [4.69, 9.17) is 14.0 Å². The van der Waals surface area contributed by atoms with Crippen LogP contribution in [0, 0.1) is 11.8 Å². The minimum atomic E-state index is -3.07. The van der Waals surface area contributed by atoms with Crippen LogP contribution < -0.4 is 14.0 Å². The number of benzene rings is 1. The van der Waals surface area contributed by atoms with Gasteiger partial charge in [0.2, 0.25) is 0 Å². The fourth-order valence-corrected chi connectivity index (χ4v) is 8.22. The van der Waals surface area contributed by atoms with Crippen molar-refractivity contribution >= 4 is 42.3 Å². The summed E-state index contributed by atoms with van der Waals surface area (Å²) in [5.74, 6) is 8.24. The van der Waals surface area contributed by atoms with Gasteiger partial charge in [0.15, 0.2) is 5.06 Å². The van der Waals surface area contributed by atoms with Crippen LogP contribution in [0.4, 0.5) is 0 Å². The van der Waals surface area contributed by atoms with Crippen molar-refractivity contribution in [2.75, 3.05) is 13.7 Å². The van der Waals surface area contributed by atoms with Crippen molar-refractivity contribution in [2.24, 2.45) is 0 Å². The summed E-state index contributed by atoms with van der Waals surface area (Å²) in [6.07, 6.45) is 13.1. The van der Waals surface area contributed by atoms with E-state index in [9.17, 15) is 9.46 Å². The minimum absolute atomic E-state index is 0.397. The van der Waals surface area contributed by atoms with Crippen LogP contribution in [0.1, 0.15) is 89.4 Å². The molecule has 1 atom stereocenters. The quantitative estimate of drug-likeness (QED) is 0.0648. The van der Waals surface area contributed by atoms with Gasteiger partial charge in [-0.3, -0.25) is 0 Å². The van der Waals surface area contributed by atoms with Gasteiger partial charge in [0.05, 0.1) is 18.6 Å². The molecule has 1 N–H and O–H groups in total. The van der Waals surface area contributed by atoms with Crippen LogP contribution in [-0.4, -0.2) is 18.6 Å². The number of hydrogen-bond acceptors (Lipinski definition) is 7. The van der Waals surface area contributed by atoms with Crippen molar-refractivity contribution < 1.29 is 23.5 Å². The molecule has 4 aromatic rings. The monoisotopic (exact) mass is 670 g/mol. The number of thiophene rings is 3. The molecule has 3 heterocycles. The lowest BCUT2D eigenvalue weighted by Gasteiger charge is -2.15. The Bertz CT molecular complexity index is 1540. The van der Waals surface area contributed by atoms with Crippen molar-refractivity contribution in [2.45, 2.75) is 84.5 Å². The Labute approximate surface area is 275 Å². The van der Waals surface area contributed by atoms with E-state index in [-0.39, 0.29) is 0 Å². The maximum absolute atomic E-state index is 11.2. The number of hydrogen-bond donors (Lipinski definition) is 1. The third-order valence-corrected chi connectivity index (χ3v) is 11.0. The lowest BCUT2D eigenvalue weighted by Crippen LogP contribution is -2.00. The smallest absolute Gasteiger partial charge is 0.365 e. The van der Waals surface area contributed by atoms with Crippen LogP contribution in [0.5, 0.6) is 16.6 Å². The molecule has 236 valence electrons. The summed E-state index contributed by atoms with van der Waals surface area (Å²) < 4.78 is 28.6. The Hall–Kier alpha value is -2.53. The minimum Gasteiger partial charge on any atom is -0.496 e. The summed E-state index contributed by atoms with van der Waals surface area (Å²) in [5, 5.41) is 0.397. The van der Waals surface area contributed by atoms with Gasteiger partial charge in [0.1, 0.15) is 11.5 Å². The lowest BCUT2D eigenvalue weighted by molar-refractivity contribution is 0.306. The van der Waals surface area contributed by atoms with Gasteiger partial charge in [0, 0.05) is 37.1 Å². The average molecular weight is 671 g/mol. The molecular weight excluding hydrogens is 628 g/mol. The zero-order valence-electron chi connectivity index (χ0n) is 25.9. The number of ether oxygens (including phenoxy) is 2. The maximum atomic E-state index is 11.2. The molecule has 0 fully saturated rings. The van der Waals surface area contributed by atoms with Gasteiger partial charge in [-0.1, -0.05) is 88.4 Å². The third-order valence-electron chi connectivity index (χ3n) is 7.18. The van der Waals surface area contributed by atoms with Gasteiger partial charge >= 0.3 is 8.25 Å². The van der Waals surface area contributed by atoms with Gasteiger partial charge in [-0.25, -0.2) is 4.57 Å². The molecule has 0 spiro atoms. The second kappa shape index (κ2) is 18.4. The molecule has 1 aromatic carbocycles. The highest BCUT2D eigenvalue weighted by atomic mass is 32.1. The molecule has 0 bridgehead atoms. The topological polar surface area (TPSA) is 65.0 Å². The molecule has 0 radical (unpaired) electrons.